The molecule has 2 aromatic rings. The van der Waals surface area contributed by atoms with Gasteiger partial charge in [-0.3, -0.25) is 9.59 Å². The Balaban J connectivity index is 1.30. The second kappa shape index (κ2) is 10.8. The maximum Gasteiger partial charge on any atom is 0.254 e. The van der Waals surface area contributed by atoms with Crippen LogP contribution in [-0.2, 0) is 13.1 Å². The third-order valence-electron chi connectivity index (χ3n) is 6.64. The first kappa shape index (κ1) is 23.2. The summed E-state index contributed by atoms with van der Waals surface area (Å²) in [5.74, 6) is -0.0911. The van der Waals surface area contributed by atoms with E-state index in [0.29, 0.717) is 36.8 Å². The lowest BCUT2D eigenvalue weighted by molar-refractivity contribution is 0.0766. The summed E-state index contributed by atoms with van der Waals surface area (Å²) in [5.41, 5.74) is 3.34. The van der Waals surface area contributed by atoms with E-state index in [9.17, 15) is 9.59 Å². The summed E-state index contributed by atoms with van der Waals surface area (Å²) in [6.45, 7) is 6.32. The number of benzene rings is 2. The van der Waals surface area contributed by atoms with Crippen LogP contribution in [0.3, 0.4) is 0 Å². The van der Waals surface area contributed by atoms with E-state index in [4.69, 9.17) is 0 Å². The maximum absolute atomic E-state index is 12.9. The molecule has 1 unspecified atom stereocenters. The molecule has 1 N–H and O–H groups in total. The van der Waals surface area contributed by atoms with Crippen LogP contribution < -0.4 is 5.32 Å². The van der Waals surface area contributed by atoms with Gasteiger partial charge in [-0.15, -0.1) is 0 Å². The third kappa shape index (κ3) is 5.52. The molecule has 1 atom stereocenters. The van der Waals surface area contributed by atoms with Crippen molar-refractivity contribution < 1.29 is 9.59 Å². The van der Waals surface area contributed by atoms with Crippen molar-refractivity contribution in [2.24, 2.45) is 0 Å². The fourth-order valence-corrected chi connectivity index (χ4v) is 5.50. The topological polar surface area (TPSA) is 52.7 Å². The number of piperidine rings is 1. The minimum Gasteiger partial charge on any atom is -0.352 e. The number of carbonyl (C=O) groups excluding carboxylic acids is 2. The molecule has 170 valence electrons. The molecule has 4 rings (SSSR count). The summed E-state index contributed by atoms with van der Waals surface area (Å²) in [5, 5.41) is 3.04. The van der Waals surface area contributed by atoms with Crippen molar-refractivity contribution in [3.05, 3.63) is 68.3 Å². The first-order valence-electron chi connectivity index (χ1n) is 11.7. The second-order valence-corrected chi connectivity index (χ2v) is 10.1. The zero-order chi connectivity index (χ0) is 22.5. The van der Waals surface area contributed by atoms with Gasteiger partial charge in [0.2, 0.25) is 0 Å². The Hall–Kier alpha value is -1.93. The molecule has 0 aliphatic carbocycles. The predicted octanol–water partition coefficient (Wildman–Crippen LogP) is 4.83. The summed E-state index contributed by atoms with van der Waals surface area (Å²) < 4.78 is 1.16. The summed E-state index contributed by atoms with van der Waals surface area (Å²) in [6.07, 6.45) is 6.08. The van der Waals surface area contributed by atoms with E-state index < -0.39 is 0 Å². The zero-order valence-corrected chi connectivity index (χ0v) is 20.9. The van der Waals surface area contributed by atoms with Gasteiger partial charge in [-0.05, 0) is 90.2 Å². The lowest BCUT2D eigenvalue weighted by Gasteiger charge is -2.35. The van der Waals surface area contributed by atoms with Gasteiger partial charge < -0.3 is 15.1 Å². The number of carbonyl (C=O) groups is 2. The lowest BCUT2D eigenvalue weighted by Crippen LogP contribution is -2.40. The Morgan fingerprint density at radius 2 is 2.06 bits per heavy atom. The summed E-state index contributed by atoms with van der Waals surface area (Å²) >= 11 is 2.29. The minimum absolute atomic E-state index is 0.00390. The van der Waals surface area contributed by atoms with Crippen LogP contribution in [0.1, 0.15) is 70.9 Å². The molecule has 0 saturated carbocycles. The van der Waals surface area contributed by atoms with Gasteiger partial charge >= 0.3 is 0 Å². The van der Waals surface area contributed by atoms with Crippen LogP contribution in [0.25, 0.3) is 0 Å². The number of hydrogen-bond donors (Lipinski definition) is 1. The fraction of sp³-hybridized carbons (Fsp3) is 0.462. The standard InChI is InChI=1S/C26H32IN3O2/c1-2-23-9-3-4-13-29(23)14-6-12-28-25(31)20-10-11-21-18-30(26(32)24(21)16-20)17-19-7-5-8-22(27)15-19/h5,7-8,10-11,15-16,23H,2-4,6,9,12-14,17-18H2,1H3,(H,28,31). The van der Waals surface area contributed by atoms with Crippen LogP contribution in [0.5, 0.6) is 0 Å². The third-order valence-corrected chi connectivity index (χ3v) is 7.31. The molecule has 2 aliphatic rings. The van der Waals surface area contributed by atoms with Gasteiger partial charge in [0.1, 0.15) is 0 Å². The van der Waals surface area contributed by atoms with Gasteiger partial charge in [-0.2, -0.15) is 0 Å². The first-order valence-corrected chi connectivity index (χ1v) is 12.8. The predicted molar refractivity (Wildman–Crippen MR) is 136 cm³/mol. The lowest BCUT2D eigenvalue weighted by atomic mass is 10.00. The summed E-state index contributed by atoms with van der Waals surface area (Å²) in [6, 6.07) is 14.4. The van der Waals surface area contributed by atoms with Crippen molar-refractivity contribution in [3.63, 3.8) is 0 Å². The van der Waals surface area contributed by atoms with Crippen molar-refractivity contribution in [2.75, 3.05) is 19.6 Å². The Bertz CT molecular complexity index is 977. The highest BCUT2D eigenvalue weighted by atomic mass is 127. The van der Waals surface area contributed by atoms with Crippen LogP contribution >= 0.6 is 22.6 Å². The number of fused-ring (bicyclic) bond motifs is 1. The molecule has 2 aliphatic heterocycles. The molecule has 5 nitrogen and oxygen atoms in total. The van der Waals surface area contributed by atoms with Gasteiger partial charge in [-0.1, -0.05) is 31.5 Å². The van der Waals surface area contributed by atoms with Gasteiger partial charge in [0.15, 0.2) is 0 Å². The van der Waals surface area contributed by atoms with Crippen LogP contribution in [0.2, 0.25) is 0 Å². The molecule has 0 radical (unpaired) electrons. The Kier molecular flexibility index (Phi) is 7.84. The number of halogens is 1. The van der Waals surface area contributed by atoms with Crippen LogP contribution in [0.15, 0.2) is 42.5 Å². The molecule has 2 amide bonds. The van der Waals surface area contributed by atoms with Crippen molar-refractivity contribution in [3.8, 4) is 0 Å². The van der Waals surface area contributed by atoms with Crippen molar-refractivity contribution in [1.29, 1.82) is 0 Å². The average molecular weight is 545 g/mol. The number of nitrogens with zero attached hydrogens (tertiary/aromatic N) is 2. The number of amides is 2. The molecule has 0 bridgehead atoms. The minimum atomic E-state index is -0.0950. The van der Waals surface area contributed by atoms with Gasteiger partial charge in [0.25, 0.3) is 11.8 Å². The Labute approximate surface area is 204 Å². The highest BCUT2D eigenvalue weighted by Gasteiger charge is 2.28. The monoisotopic (exact) mass is 545 g/mol. The summed E-state index contributed by atoms with van der Waals surface area (Å²) in [7, 11) is 0. The largest absolute Gasteiger partial charge is 0.352 e. The zero-order valence-electron chi connectivity index (χ0n) is 18.8. The van der Waals surface area contributed by atoms with E-state index in [1.54, 1.807) is 6.07 Å². The van der Waals surface area contributed by atoms with E-state index in [2.05, 4.69) is 45.8 Å². The van der Waals surface area contributed by atoms with E-state index in [1.165, 1.54) is 32.2 Å². The van der Waals surface area contributed by atoms with E-state index in [0.717, 1.165) is 27.7 Å². The smallest absolute Gasteiger partial charge is 0.254 e. The molecule has 1 fully saturated rings. The second-order valence-electron chi connectivity index (χ2n) is 8.87. The molecular formula is C26H32IN3O2. The first-order chi connectivity index (χ1) is 15.5. The van der Waals surface area contributed by atoms with Crippen LogP contribution in [-0.4, -0.2) is 47.3 Å². The number of hydrogen-bond acceptors (Lipinski definition) is 3. The van der Waals surface area contributed by atoms with Gasteiger partial charge in [-0.25, -0.2) is 0 Å². The molecular weight excluding hydrogens is 513 g/mol. The highest BCUT2D eigenvalue weighted by Crippen LogP contribution is 2.26. The van der Waals surface area contributed by atoms with Gasteiger partial charge in [0.05, 0.1) is 0 Å². The van der Waals surface area contributed by atoms with Crippen molar-refractivity contribution in [2.45, 2.75) is 58.2 Å². The number of likely N-dealkylation sites (tertiary alicyclic amines) is 1. The average Bonchev–Trinajstić information content (AvgIpc) is 3.11. The molecule has 0 spiro atoms. The molecule has 32 heavy (non-hydrogen) atoms. The van der Waals surface area contributed by atoms with E-state index in [-0.39, 0.29) is 11.8 Å². The quantitative estimate of drug-likeness (QED) is 0.382. The van der Waals surface area contributed by atoms with E-state index in [1.807, 2.05) is 35.2 Å². The number of nitrogens with one attached hydrogen (secondary N) is 1. The fourth-order valence-electron chi connectivity index (χ4n) is 4.89. The number of rotatable bonds is 8. The molecule has 2 heterocycles. The maximum atomic E-state index is 12.9. The molecule has 6 heteroatoms. The van der Waals surface area contributed by atoms with Crippen molar-refractivity contribution >= 4 is 34.4 Å². The van der Waals surface area contributed by atoms with E-state index >= 15 is 0 Å². The SMILES string of the molecule is CCC1CCCCN1CCCNC(=O)c1ccc2c(c1)C(=O)N(Cc1cccc(I)c1)C2. The van der Waals surface area contributed by atoms with Crippen LogP contribution in [0.4, 0.5) is 0 Å². The van der Waals surface area contributed by atoms with Crippen molar-refractivity contribution in [1.82, 2.24) is 15.1 Å². The molecule has 2 aromatic carbocycles. The summed E-state index contributed by atoms with van der Waals surface area (Å²) in [4.78, 5) is 30.0. The molecule has 1 saturated heterocycles. The Morgan fingerprint density at radius 1 is 1.19 bits per heavy atom. The highest BCUT2D eigenvalue weighted by molar-refractivity contribution is 14.1. The van der Waals surface area contributed by atoms with Gasteiger partial charge in [0, 0.05) is 46.9 Å². The Morgan fingerprint density at radius 3 is 2.88 bits per heavy atom. The molecule has 0 aromatic heterocycles. The normalized spacial score (nSPS) is 18.6. The van der Waals surface area contributed by atoms with Crippen LogP contribution in [0, 0.1) is 3.57 Å².